The Labute approximate surface area is 50.3 Å². The van der Waals surface area contributed by atoms with Crippen molar-refractivity contribution in [3.63, 3.8) is 0 Å². The van der Waals surface area contributed by atoms with Gasteiger partial charge in [-0.3, -0.25) is 0 Å². The monoisotopic (exact) mass is 109 g/mol. The van der Waals surface area contributed by atoms with Crippen LogP contribution in [0.4, 0.5) is 0 Å². The van der Waals surface area contributed by atoms with Gasteiger partial charge in [0.25, 0.3) is 0 Å². The van der Waals surface area contributed by atoms with Crippen LogP contribution in [0.3, 0.4) is 0 Å². The Bertz CT molecular complexity index is 120. The molecule has 0 aliphatic carbocycles. The molecule has 1 fully saturated rings. The average molecular weight is 109 g/mol. The Morgan fingerprint density at radius 2 is 2.25 bits per heavy atom. The van der Waals surface area contributed by atoms with E-state index in [4.69, 9.17) is 0 Å². The SMILES string of the molecule is C=CC(=CC)N1CC1. The molecular formula is C7H11N. The molecule has 1 heterocycles. The normalized spacial score (nSPS) is 18.6. The lowest BCUT2D eigenvalue weighted by atomic mass is 10.4. The van der Waals surface area contributed by atoms with Gasteiger partial charge in [-0.25, -0.2) is 0 Å². The predicted octanol–water partition coefficient (Wildman–Crippen LogP) is 1.39. The van der Waals surface area contributed by atoms with Crippen molar-refractivity contribution in [2.24, 2.45) is 0 Å². The van der Waals surface area contributed by atoms with E-state index >= 15 is 0 Å². The molecule has 0 radical (unpaired) electrons. The summed E-state index contributed by atoms with van der Waals surface area (Å²) >= 11 is 0. The molecule has 1 saturated heterocycles. The van der Waals surface area contributed by atoms with Gasteiger partial charge in [-0.1, -0.05) is 12.7 Å². The molecule has 1 aliphatic rings. The zero-order chi connectivity index (χ0) is 5.98. The first-order chi connectivity index (χ1) is 3.88. The van der Waals surface area contributed by atoms with Crippen molar-refractivity contribution in [1.82, 2.24) is 4.90 Å². The van der Waals surface area contributed by atoms with E-state index in [1.165, 1.54) is 18.8 Å². The van der Waals surface area contributed by atoms with Crippen LogP contribution >= 0.6 is 0 Å². The van der Waals surface area contributed by atoms with Gasteiger partial charge in [-0.05, 0) is 13.0 Å². The van der Waals surface area contributed by atoms with Gasteiger partial charge < -0.3 is 4.90 Å². The summed E-state index contributed by atoms with van der Waals surface area (Å²) in [5, 5.41) is 0. The van der Waals surface area contributed by atoms with Gasteiger partial charge in [0.1, 0.15) is 0 Å². The number of hydrogen-bond donors (Lipinski definition) is 0. The van der Waals surface area contributed by atoms with Crippen LogP contribution in [0.2, 0.25) is 0 Å². The summed E-state index contributed by atoms with van der Waals surface area (Å²) in [5.74, 6) is 0. The van der Waals surface area contributed by atoms with Crippen molar-refractivity contribution in [2.45, 2.75) is 6.92 Å². The third-order valence-corrected chi connectivity index (χ3v) is 1.32. The van der Waals surface area contributed by atoms with E-state index < -0.39 is 0 Å². The van der Waals surface area contributed by atoms with Crippen molar-refractivity contribution in [3.8, 4) is 0 Å². The second-order valence-corrected chi connectivity index (χ2v) is 1.90. The molecule has 1 nitrogen and oxygen atoms in total. The molecule has 0 spiro atoms. The van der Waals surface area contributed by atoms with Crippen LogP contribution in [0.5, 0.6) is 0 Å². The van der Waals surface area contributed by atoms with E-state index in [2.05, 4.69) is 17.6 Å². The number of hydrogen-bond acceptors (Lipinski definition) is 1. The third kappa shape index (κ3) is 0.915. The highest BCUT2D eigenvalue weighted by Gasteiger charge is 2.16. The van der Waals surface area contributed by atoms with Crippen LogP contribution in [0.25, 0.3) is 0 Å². The molecule has 0 aromatic carbocycles. The molecule has 0 bridgehead atoms. The summed E-state index contributed by atoms with van der Waals surface area (Å²) in [4.78, 5) is 2.27. The summed E-state index contributed by atoms with van der Waals surface area (Å²) in [6.45, 7) is 8.15. The van der Waals surface area contributed by atoms with E-state index in [1.54, 1.807) is 0 Å². The van der Waals surface area contributed by atoms with Crippen molar-refractivity contribution >= 4 is 0 Å². The lowest BCUT2D eigenvalue weighted by Crippen LogP contribution is -1.90. The molecule has 0 amide bonds. The van der Waals surface area contributed by atoms with Crippen LogP contribution in [0.15, 0.2) is 24.4 Å². The van der Waals surface area contributed by atoms with E-state index in [0.717, 1.165) is 0 Å². The Morgan fingerprint density at radius 3 is 2.38 bits per heavy atom. The molecule has 0 aromatic heterocycles. The van der Waals surface area contributed by atoms with Gasteiger partial charge in [0.05, 0.1) is 0 Å². The quantitative estimate of drug-likeness (QED) is 0.382. The first kappa shape index (κ1) is 5.42. The Balaban J connectivity index is 2.49. The summed E-state index contributed by atoms with van der Waals surface area (Å²) in [6.07, 6.45) is 3.98. The second kappa shape index (κ2) is 2.03. The second-order valence-electron chi connectivity index (χ2n) is 1.90. The largest absolute Gasteiger partial charge is 0.368 e. The minimum atomic E-state index is 1.21. The molecule has 1 rings (SSSR count). The molecule has 0 atom stereocenters. The smallest absolute Gasteiger partial charge is 0.0354 e. The van der Waals surface area contributed by atoms with Gasteiger partial charge in [-0.15, -0.1) is 0 Å². The summed E-state index contributed by atoms with van der Waals surface area (Å²) < 4.78 is 0. The fraction of sp³-hybridized carbons (Fsp3) is 0.429. The van der Waals surface area contributed by atoms with Crippen LogP contribution in [0.1, 0.15) is 6.92 Å². The number of allylic oxidation sites excluding steroid dienone is 2. The third-order valence-electron chi connectivity index (χ3n) is 1.32. The lowest BCUT2D eigenvalue weighted by molar-refractivity contribution is 0.722. The fourth-order valence-electron chi connectivity index (χ4n) is 0.738. The van der Waals surface area contributed by atoms with E-state index in [-0.39, 0.29) is 0 Å². The van der Waals surface area contributed by atoms with Crippen molar-refractivity contribution in [3.05, 3.63) is 24.4 Å². The maximum atomic E-state index is 3.68. The summed E-state index contributed by atoms with van der Waals surface area (Å²) in [6, 6.07) is 0. The summed E-state index contributed by atoms with van der Waals surface area (Å²) in [7, 11) is 0. The Kier molecular flexibility index (Phi) is 1.38. The average Bonchev–Trinajstić information content (AvgIpc) is 2.53. The molecule has 44 valence electrons. The van der Waals surface area contributed by atoms with Gasteiger partial charge in [0.2, 0.25) is 0 Å². The lowest BCUT2D eigenvalue weighted by Gasteiger charge is -1.98. The minimum absolute atomic E-state index is 1.21. The Hall–Kier alpha value is -0.720. The van der Waals surface area contributed by atoms with E-state index in [1.807, 2.05) is 13.0 Å². The first-order valence-electron chi connectivity index (χ1n) is 2.92. The number of nitrogens with zero attached hydrogens (tertiary/aromatic N) is 1. The fourth-order valence-corrected chi connectivity index (χ4v) is 0.738. The van der Waals surface area contributed by atoms with Gasteiger partial charge in [0.15, 0.2) is 0 Å². The zero-order valence-corrected chi connectivity index (χ0v) is 5.22. The van der Waals surface area contributed by atoms with Crippen LogP contribution in [-0.4, -0.2) is 18.0 Å². The highest BCUT2D eigenvalue weighted by molar-refractivity contribution is 5.17. The standard InChI is InChI=1S/C7H11N/c1-3-7(4-2)8-5-6-8/h3-4H,1,5-6H2,2H3. The molecule has 0 unspecified atom stereocenters. The van der Waals surface area contributed by atoms with Crippen LogP contribution in [-0.2, 0) is 0 Å². The van der Waals surface area contributed by atoms with Crippen LogP contribution < -0.4 is 0 Å². The maximum Gasteiger partial charge on any atom is 0.0354 e. The molecule has 8 heavy (non-hydrogen) atoms. The minimum Gasteiger partial charge on any atom is -0.368 e. The van der Waals surface area contributed by atoms with Crippen molar-refractivity contribution < 1.29 is 0 Å². The van der Waals surface area contributed by atoms with Crippen molar-refractivity contribution in [1.29, 1.82) is 0 Å². The van der Waals surface area contributed by atoms with E-state index in [0.29, 0.717) is 0 Å². The molecule has 0 N–H and O–H groups in total. The van der Waals surface area contributed by atoms with Gasteiger partial charge >= 0.3 is 0 Å². The van der Waals surface area contributed by atoms with Gasteiger partial charge in [-0.2, -0.15) is 0 Å². The highest BCUT2D eigenvalue weighted by atomic mass is 15.3. The first-order valence-corrected chi connectivity index (χ1v) is 2.92. The Morgan fingerprint density at radius 1 is 1.62 bits per heavy atom. The van der Waals surface area contributed by atoms with Crippen molar-refractivity contribution in [2.75, 3.05) is 13.1 Å². The molecule has 0 saturated carbocycles. The number of rotatable bonds is 2. The van der Waals surface area contributed by atoms with E-state index in [9.17, 15) is 0 Å². The van der Waals surface area contributed by atoms with Gasteiger partial charge in [0, 0.05) is 18.8 Å². The molecular weight excluding hydrogens is 98.1 g/mol. The predicted molar refractivity (Wildman–Crippen MR) is 35.5 cm³/mol. The molecule has 0 aromatic rings. The topological polar surface area (TPSA) is 3.01 Å². The summed E-state index contributed by atoms with van der Waals surface area (Å²) in [5.41, 5.74) is 1.27. The highest BCUT2D eigenvalue weighted by Crippen LogP contribution is 2.13. The zero-order valence-electron chi connectivity index (χ0n) is 5.22. The molecule has 1 heteroatoms. The molecule has 1 aliphatic heterocycles. The maximum absolute atomic E-state index is 3.68. The van der Waals surface area contributed by atoms with Crippen LogP contribution in [0, 0.1) is 0 Å².